The maximum atomic E-state index is 12.8. The molecule has 8 nitrogen and oxygen atoms in total. The van der Waals surface area contributed by atoms with Gasteiger partial charge in [-0.25, -0.2) is 8.42 Å². The zero-order valence-corrected chi connectivity index (χ0v) is 17.1. The number of nitro groups is 1. The van der Waals surface area contributed by atoms with Crippen molar-refractivity contribution in [1.82, 2.24) is 9.21 Å². The normalized spacial score (nSPS) is 15.3. The second kappa shape index (κ2) is 8.89. The molecule has 10 heteroatoms. The molecule has 2 aromatic carbocycles. The predicted molar refractivity (Wildman–Crippen MR) is 108 cm³/mol. The molecule has 1 aliphatic rings. The van der Waals surface area contributed by atoms with E-state index in [1.807, 2.05) is 18.2 Å². The molecule has 0 spiro atoms. The molecule has 1 heterocycles. The van der Waals surface area contributed by atoms with Crippen molar-refractivity contribution in [2.75, 3.05) is 26.2 Å². The SMILES string of the molecule is O=C(CCc1ccccc1Cl)N1CCN(S(=O)(=O)c2ccccc2[N+](=O)[O-])CC1. The number of rotatable bonds is 6. The summed E-state index contributed by atoms with van der Waals surface area (Å²) in [7, 11) is -4.01. The molecule has 0 radical (unpaired) electrons. The van der Waals surface area contributed by atoms with Gasteiger partial charge in [-0.2, -0.15) is 4.31 Å². The van der Waals surface area contributed by atoms with Crippen molar-refractivity contribution in [3.05, 3.63) is 69.2 Å². The Balaban J connectivity index is 1.62. The van der Waals surface area contributed by atoms with Gasteiger partial charge >= 0.3 is 0 Å². The molecular formula is C19H20ClN3O5S. The molecular weight excluding hydrogens is 418 g/mol. The van der Waals surface area contributed by atoms with Crippen LogP contribution in [-0.4, -0.2) is 54.6 Å². The highest BCUT2D eigenvalue weighted by atomic mass is 35.5. The van der Waals surface area contributed by atoms with E-state index in [4.69, 9.17) is 11.6 Å². The number of sulfonamides is 1. The van der Waals surface area contributed by atoms with Gasteiger partial charge in [-0.05, 0) is 24.1 Å². The molecule has 0 bridgehead atoms. The van der Waals surface area contributed by atoms with Crippen molar-refractivity contribution in [2.45, 2.75) is 17.7 Å². The molecule has 2 aromatic rings. The van der Waals surface area contributed by atoms with Crippen LogP contribution < -0.4 is 0 Å². The fourth-order valence-electron chi connectivity index (χ4n) is 3.24. The number of nitro benzene ring substituents is 1. The van der Waals surface area contributed by atoms with E-state index in [1.165, 1.54) is 28.6 Å². The van der Waals surface area contributed by atoms with Crippen molar-refractivity contribution in [2.24, 2.45) is 0 Å². The van der Waals surface area contributed by atoms with E-state index in [9.17, 15) is 23.3 Å². The Labute approximate surface area is 173 Å². The highest BCUT2D eigenvalue weighted by Crippen LogP contribution is 2.27. The van der Waals surface area contributed by atoms with Gasteiger partial charge in [0.2, 0.25) is 15.9 Å². The number of carbonyl (C=O) groups excluding carboxylic acids is 1. The molecule has 0 unspecified atom stereocenters. The van der Waals surface area contributed by atoms with Crippen LogP contribution in [0.3, 0.4) is 0 Å². The van der Waals surface area contributed by atoms with Crippen LogP contribution in [0.5, 0.6) is 0 Å². The van der Waals surface area contributed by atoms with Crippen LogP contribution in [0.4, 0.5) is 5.69 Å². The van der Waals surface area contributed by atoms with Gasteiger partial charge in [0, 0.05) is 43.7 Å². The lowest BCUT2D eigenvalue weighted by Gasteiger charge is -2.34. The summed E-state index contributed by atoms with van der Waals surface area (Å²) in [6.07, 6.45) is 0.786. The Morgan fingerprint density at radius 2 is 1.66 bits per heavy atom. The zero-order valence-electron chi connectivity index (χ0n) is 15.5. The number of halogens is 1. The lowest BCUT2D eigenvalue weighted by molar-refractivity contribution is -0.387. The molecule has 0 N–H and O–H groups in total. The van der Waals surface area contributed by atoms with E-state index in [2.05, 4.69) is 0 Å². The van der Waals surface area contributed by atoms with Crippen molar-refractivity contribution in [1.29, 1.82) is 0 Å². The van der Waals surface area contributed by atoms with Gasteiger partial charge in [0.05, 0.1) is 4.92 Å². The zero-order chi connectivity index (χ0) is 21.0. The largest absolute Gasteiger partial charge is 0.340 e. The van der Waals surface area contributed by atoms with Crippen LogP contribution in [0.2, 0.25) is 5.02 Å². The Hall–Kier alpha value is -2.49. The quantitative estimate of drug-likeness (QED) is 0.510. The molecule has 0 atom stereocenters. The van der Waals surface area contributed by atoms with E-state index in [0.717, 1.165) is 5.56 Å². The van der Waals surface area contributed by atoms with E-state index >= 15 is 0 Å². The molecule has 1 amide bonds. The molecule has 0 aliphatic carbocycles. The van der Waals surface area contributed by atoms with Crippen molar-refractivity contribution in [3.8, 4) is 0 Å². The van der Waals surface area contributed by atoms with E-state index in [-0.39, 0.29) is 43.4 Å². The van der Waals surface area contributed by atoms with Gasteiger partial charge in [0.25, 0.3) is 5.69 Å². The summed E-state index contributed by atoms with van der Waals surface area (Å²) in [5.74, 6) is -0.0762. The lowest BCUT2D eigenvalue weighted by atomic mass is 10.1. The van der Waals surface area contributed by atoms with Crippen LogP contribution >= 0.6 is 11.6 Å². The summed E-state index contributed by atoms with van der Waals surface area (Å²) in [6, 6.07) is 12.6. The van der Waals surface area contributed by atoms with Crippen molar-refractivity contribution >= 4 is 33.2 Å². The van der Waals surface area contributed by atoms with Gasteiger partial charge in [-0.3, -0.25) is 14.9 Å². The van der Waals surface area contributed by atoms with Crippen molar-refractivity contribution in [3.63, 3.8) is 0 Å². The number of piperazine rings is 1. The first kappa shape index (κ1) is 21.2. The second-order valence-electron chi connectivity index (χ2n) is 6.60. The third-order valence-corrected chi connectivity index (χ3v) is 7.15. The van der Waals surface area contributed by atoms with Gasteiger partial charge < -0.3 is 4.90 Å². The smallest absolute Gasteiger partial charge is 0.289 e. The Bertz CT molecular complexity index is 1020. The second-order valence-corrected chi connectivity index (χ2v) is 8.91. The molecule has 1 saturated heterocycles. The molecule has 0 saturated carbocycles. The summed E-state index contributed by atoms with van der Waals surface area (Å²) in [5, 5.41) is 11.8. The first-order valence-electron chi connectivity index (χ1n) is 9.05. The topological polar surface area (TPSA) is 101 Å². The predicted octanol–water partition coefficient (Wildman–Crippen LogP) is 2.71. The first-order valence-corrected chi connectivity index (χ1v) is 10.9. The average Bonchev–Trinajstić information content (AvgIpc) is 2.73. The number of aryl methyl sites for hydroxylation is 1. The monoisotopic (exact) mass is 437 g/mol. The van der Waals surface area contributed by atoms with Gasteiger partial charge in [-0.1, -0.05) is 41.9 Å². The Morgan fingerprint density at radius 1 is 1.03 bits per heavy atom. The summed E-state index contributed by atoms with van der Waals surface area (Å²) >= 11 is 6.11. The molecule has 1 fully saturated rings. The minimum Gasteiger partial charge on any atom is -0.340 e. The van der Waals surface area contributed by atoms with Gasteiger partial charge in [-0.15, -0.1) is 0 Å². The molecule has 154 valence electrons. The number of carbonyl (C=O) groups is 1. The fraction of sp³-hybridized carbons (Fsp3) is 0.316. The number of hydrogen-bond donors (Lipinski definition) is 0. The summed E-state index contributed by atoms with van der Waals surface area (Å²) in [5.41, 5.74) is 0.436. The van der Waals surface area contributed by atoms with Gasteiger partial charge in [0.15, 0.2) is 4.90 Å². The highest BCUT2D eigenvalue weighted by molar-refractivity contribution is 7.89. The fourth-order valence-corrected chi connectivity index (χ4v) is 5.05. The van der Waals surface area contributed by atoms with Crippen LogP contribution in [0.1, 0.15) is 12.0 Å². The number of benzene rings is 2. The average molecular weight is 438 g/mol. The number of nitrogens with zero attached hydrogens (tertiary/aromatic N) is 3. The first-order chi connectivity index (χ1) is 13.8. The lowest BCUT2D eigenvalue weighted by Crippen LogP contribution is -2.50. The van der Waals surface area contributed by atoms with Gasteiger partial charge in [0.1, 0.15) is 0 Å². The van der Waals surface area contributed by atoms with E-state index < -0.39 is 20.6 Å². The maximum Gasteiger partial charge on any atom is 0.289 e. The van der Waals surface area contributed by atoms with E-state index in [1.54, 1.807) is 11.0 Å². The van der Waals surface area contributed by atoms with Crippen molar-refractivity contribution < 1.29 is 18.1 Å². The summed E-state index contributed by atoms with van der Waals surface area (Å²) < 4.78 is 26.9. The third kappa shape index (κ3) is 4.75. The van der Waals surface area contributed by atoms with Crippen LogP contribution in [0, 0.1) is 10.1 Å². The van der Waals surface area contributed by atoms with E-state index in [0.29, 0.717) is 11.4 Å². The minimum absolute atomic E-state index is 0.0762. The van der Waals surface area contributed by atoms with Crippen LogP contribution in [-0.2, 0) is 21.2 Å². The molecule has 3 rings (SSSR count). The summed E-state index contributed by atoms with van der Waals surface area (Å²) in [4.78, 5) is 24.2. The standard InChI is InChI=1S/C19H20ClN3O5S/c20-16-6-2-1-5-15(16)9-10-19(24)21-11-13-22(14-12-21)29(27,28)18-8-4-3-7-17(18)23(25)26/h1-8H,9-14H2. The minimum atomic E-state index is -4.01. The Morgan fingerprint density at radius 3 is 2.31 bits per heavy atom. The number of para-hydroxylation sites is 1. The highest BCUT2D eigenvalue weighted by Gasteiger charge is 2.34. The molecule has 29 heavy (non-hydrogen) atoms. The number of hydrogen-bond acceptors (Lipinski definition) is 5. The molecule has 0 aromatic heterocycles. The summed E-state index contributed by atoms with van der Waals surface area (Å²) in [6.45, 7) is 0.654. The molecule has 1 aliphatic heterocycles. The van der Waals surface area contributed by atoms with Crippen LogP contribution in [0.15, 0.2) is 53.4 Å². The Kier molecular flexibility index (Phi) is 6.51. The number of amides is 1. The maximum absolute atomic E-state index is 12.8. The van der Waals surface area contributed by atoms with Crippen LogP contribution in [0.25, 0.3) is 0 Å². The third-order valence-electron chi connectivity index (χ3n) is 4.84.